The van der Waals surface area contributed by atoms with Crippen LogP contribution in [0.3, 0.4) is 0 Å². The number of fused-ring (bicyclic) bond motifs is 3. The van der Waals surface area contributed by atoms with Crippen LogP contribution in [-0.2, 0) is 4.79 Å². The molecule has 0 saturated heterocycles. The maximum absolute atomic E-state index is 12.3. The molecule has 0 spiro atoms. The van der Waals surface area contributed by atoms with Crippen molar-refractivity contribution < 1.29 is 4.79 Å². The van der Waals surface area contributed by atoms with Crippen molar-refractivity contribution in [2.24, 2.45) is 4.99 Å². The number of rotatable bonds is 2. The lowest BCUT2D eigenvalue weighted by atomic mass is 10.0. The second-order valence-corrected chi connectivity index (χ2v) is 5.55. The van der Waals surface area contributed by atoms with Crippen LogP contribution in [0.5, 0.6) is 0 Å². The van der Waals surface area contributed by atoms with Gasteiger partial charge in [-0.1, -0.05) is 49.7 Å². The van der Waals surface area contributed by atoms with Gasteiger partial charge in [0.2, 0.25) is 5.91 Å². The van der Waals surface area contributed by atoms with Crippen molar-refractivity contribution in [2.45, 2.75) is 25.8 Å². The van der Waals surface area contributed by atoms with Crippen LogP contribution in [0, 0.1) is 0 Å². The summed E-state index contributed by atoms with van der Waals surface area (Å²) in [5.74, 6) is 0.00429. The highest BCUT2D eigenvalue weighted by atomic mass is 16.2. The van der Waals surface area contributed by atoms with Gasteiger partial charge < -0.3 is 5.32 Å². The Kier molecular flexibility index (Phi) is 2.67. The van der Waals surface area contributed by atoms with E-state index in [0.29, 0.717) is 0 Å². The molecule has 1 amide bonds. The summed E-state index contributed by atoms with van der Waals surface area (Å²) in [5.41, 5.74) is 6.43. The first kappa shape index (κ1) is 12.3. The Balaban J connectivity index is 2.00. The van der Waals surface area contributed by atoms with Gasteiger partial charge in [0.1, 0.15) is 6.04 Å². The molecule has 0 radical (unpaired) electrons. The van der Waals surface area contributed by atoms with E-state index in [0.717, 1.165) is 35.4 Å². The van der Waals surface area contributed by atoms with Crippen LogP contribution in [0.2, 0.25) is 0 Å². The zero-order chi connectivity index (χ0) is 14.4. The molecule has 21 heavy (non-hydrogen) atoms. The minimum absolute atomic E-state index is 0.00429. The average molecular weight is 276 g/mol. The monoisotopic (exact) mass is 276 g/mol. The summed E-state index contributed by atoms with van der Waals surface area (Å²) in [6.45, 7) is 2.08. The highest BCUT2D eigenvalue weighted by Crippen LogP contribution is 2.41. The van der Waals surface area contributed by atoms with Gasteiger partial charge in [-0.2, -0.15) is 0 Å². The molecular weight excluding hydrogens is 260 g/mol. The highest BCUT2D eigenvalue weighted by Gasteiger charge is 2.32. The first-order valence-corrected chi connectivity index (χ1v) is 7.41. The Morgan fingerprint density at radius 2 is 1.81 bits per heavy atom. The van der Waals surface area contributed by atoms with Crippen molar-refractivity contribution in [3.05, 3.63) is 53.6 Å². The van der Waals surface area contributed by atoms with Gasteiger partial charge in [0.15, 0.2) is 0 Å². The fourth-order valence-corrected chi connectivity index (χ4v) is 3.23. The number of benzene rings is 2. The topological polar surface area (TPSA) is 41.5 Å². The molecule has 4 rings (SSSR count). The molecule has 1 heterocycles. The van der Waals surface area contributed by atoms with Crippen LogP contribution >= 0.6 is 0 Å². The second-order valence-electron chi connectivity index (χ2n) is 5.55. The van der Waals surface area contributed by atoms with E-state index in [1.54, 1.807) is 0 Å². The van der Waals surface area contributed by atoms with E-state index in [1.165, 1.54) is 11.1 Å². The van der Waals surface area contributed by atoms with Gasteiger partial charge in [-0.25, -0.2) is 0 Å². The lowest BCUT2D eigenvalue weighted by molar-refractivity contribution is -0.117. The SMILES string of the molecule is CCC[C@@H]1N=C2c3ccccc3-c3cccc(c32)NC1=O. The smallest absolute Gasteiger partial charge is 0.249 e. The molecule has 2 aromatic carbocycles. The van der Waals surface area contributed by atoms with Gasteiger partial charge >= 0.3 is 0 Å². The van der Waals surface area contributed by atoms with Crippen molar-refractivity contribution in [1.29, 1.82) is 0 Å². The summed E-state index contributed by atoms with van der Waals surface area (Å²) in [6, 6.07) is 14.1. The van der Waals surface area contributed by atoms with Crippen molar-refractivity contribution in [1.82, 2.24) is 0 Å². The summed E-state index contributed by atoms with van der Waals surface area (Å²) < 4.78 is 0. The summed E-state index contributed by atoms with van der Waals surface area (Å²) >= 11 is 0. The third kappa shape index (κ3) is 1.74. The van der Waals surface area contributed by atoms with E-state index >= 15 is 0 Å². The summed E-state index contributed by atoms with van der Waals surface area (Å²) in [5, 5.41) is 3.05. The molecule has 1 aliphatic heterocycles. The van der Waals surface area contributed by atoms with Gasteiger partial charge in [0, 0.05) is 11.1 Å². The lowest BCUT2D eigenvalue weighted by Gasteiger charge is -2.10. The minimum atomic E-state index is -0.295. The summed E-state index contributed by atoms with van der Waals surface area (Å²) in [6.07, 6.45) is 1.72. The maximum atomic E-state index is 12.3. The molecule has 0 bridgehead atoms. The van der Waals surface area contributed by atoms with E-state index in [9.17, 15) is 4.79 Å². The van der Waals surface area contributed by atoms with Crippen LogP contribution in [-0.4, -0.2) is 17.7 Å². The van der Waals surface area contributed by atoms with Crippen molar-refractivity contribution in [3.8, 4) is 11.1 Å². The van der Waals surface area contributed by atoms with Crippen LogP contribution < -0.4 is 5.32 Å². The third-order valence-electron chi connectivity index (χ3n) is 4.18. The predicted molar refractivity (Wildman–Crippen MR) is 84.8 cm³/mol. The van der Waals surface area contributed by atoms with Gasteiger partial charge in [0.05, 0.1) is 11.4 Å². The number of nitrogens with one attached hydrogen (secondary N) is 1. The quantitative estimate of drug-likeness (QED) is 0.763. The lowest BCUT2D eigenvalue weighted by Crippen LogP contribution is -2.25. The normalized spacial score (nSPS) is 18.4. The van der Waals surface area contributed by atoms with Gasteiger partial charge in [-0.05, 0) is 23.6 Å². The Bertz CT molecular complexity index is 777. The molecule has 0 aromatic heterocycles. The largest absolute Gasteiger partial charge is 0.324 e. The zero-order valence-electron chi connectivity index (χ0n) is 11.9. The Morgan fingerprint density at radius 1 is 1.05 bits per heavy atom. The van der Waals surface area contributed by atoms with Gasteiger partial charge in [0.25, 0.3) is 0 Å². The summed E-state index contributed by atoms with van der Waals surface area (Å²) in [7, 11) is 0. The van der Waals surface area contributed by atoms with Crippen LogP contribution in [0.15, 0.2) is 47.5 Å². The molecule has 1 aliphatic carbocycles. The molecule has 3 nitrogen and oxygen atoms in total. The number of anilines is 1. The molecule has 0 fully saturated rings. The molecule has 0 saturated carbocycles. The van der Waals surface area contributed by atoms with Crippen LogP contribution in [0.1, 0.15) is 30.9 Å². The predicted octanol–water partition coefficient (Wildman–Crippen LogP) is 3.63. The van der Waals surface area contributed by atoms with E-state index in [1.807, 2.05) is 24.3 Å². The van der Waals surface area contributed by atoms with Crippen LogP contribution in [0.4, 0.5) is 5.69 Å². The fourth-order valence-electron chi connectivity index (χ4n) is 3.23. The highest BCUT2D eigenvalue weighted by molar-refractivity contribution is 6.29. The maximum Gasteiger partial charge on any atom is 0.249 e. The van der Waals surface area contributed by atoms with Gasteiger partial charge in [-0.3, -0.25) is 9.79 Å². The molecule has 1 atom stereocenters. The number of aliphatic imine (C=N–C) groups is 1. The zero-order valence-corrected chi connectivity index (χ0v) is 11.9. The van der Waals surface area contributed by atoms with Crippen molar-refractivity contribution >= 4 is 17.3 Å². The number of carbonyl (C=O) groups is 1. The average Bonchev–Trinajstić information content (AvgIpc) is 2.74. The van der Waals surface area contributed by atoms with E-state index in [-0.39, 0.29) is 11.9 Å². The second kappa shape index (κ2) is 4.55. The fraction of sp³-hybridized carbons (Fsp3) is 0.222. The first-order valence-electron chi connectivity index (χ1n) is 7.41. The molecule has 1 N–H and O–H groups in total. The molecule has 3 heteroatoms. The number of amides is 1. The van der Waals surface area contributed by atoms with Crippen LogP contribution in [0.25, 0.3) is 11.1 Å². The number of nitrogens with zero attached hydrogens (tertiary/aromatic N) is 1. The number of hydrogen-bond donors (Lipinski definition) is 1. The van der Waals surface area contributed by atoms with E-state index < -0.39 is 0 Å². The standard InChI is InChI=1S/C18H16N2O/c1-2-6-15-18(21)20-14-10-5-9-12-11-7-3-4-8-13(11)17(19-15)16(12)14/h3-5,7-10,15H,2,6H2,1H3,(H,20,21)/t15-/m0/s1. The Hall–Kier alpha value is -2.42. The summed E-state index contributed by atoms with van der Waals surface area (Å²) in [4.78, 5) is 17.1. The number of carbonyl (C=O) groups excluding carboxylic acids is 1. The molecular formula is C18H16N2O. The molecule has 2 aliphatic rings. The Morgan fingerprint density at radius 3 is 2.62 bits per heavy atom. The van der Waals surface area contributed by atoms with Crippen molar-refractivity contribution in [3.63, 3.8) is 0 Å². The first-order chi connectivity index (χ1) is 10.3. The molecule has 0 unspecified atom stereocenters. The van der Waals surface area contributed by atoms with Gasteiger partial charge in [-0.15, -0.1) is 0 Å². The molecule has 104 valence electrons. The molecule has 2 aromatic rings. The van der Waals surface area contributed by atoms with E-state index in [2.05, 4.69) is 30.4 Å². The number of hydrogen-bond acceptors (Lipinski definition) is 2. The van der Waals surface area contributed by atoms with E-state index in [4.69, 9.17) is 4.99 Å². The Labute approximate surface area is 123 Å². The van der Waals surface area contributed by atoms with Crippen molar-refractivity contribution in [2.75, 3.05) is 5.32 Å². The minimum Gasteiger partial charge on any atom is -0.324 e. The third-order valence-corrected chi connectivity index (χ3v) is 4.18.